The predicted octanol–water partition coefficient (Wildman–Crippen LogP) is 0.788. The van der Waals surface area contributed by atoms with E-state index in [1.165, 1.54) is 0 Å². The van der Waals surface area contributed by atoms with E-state index in [2.05, 4.69) is 16.6 Å². The molecule has 0 spiro atoms. The first kappa shape index (κ1) is 39.5. The summed E-state index contributed by atoms with van der Waals surface area (Å²) in [5.41, 5.74) is -1.52. The number of carbonyl (C=O) groups excluding carboxylic acids is 2. The lowest BCUT2D eigenvalue weighted by Crippen LogP contribution is -2.59. The fourth-order valence-corrected chi connectivity index (χ4v) is 7.14. The maximum Gasteiger partial charge on any atom is 0.233 e. The highest BCUT2D eigenvalue weighted by molar-refractivity contribution is 7.92. The van der Waals surface area contributed by atoms with Crippen LogP contribution in [-0.2, 0) is 29.1 Å². The fourth-order valence-electron chi connectivity index (χ4n) is 6.59. The number of rotatable bonds is 10. The molecule has 0 aromatic carbocycles. The van der Waals surface area contributed by atoms with Gasteiger partial charge in [-0.05, 0) is 59.5 Å². The number of aliphatic hydroxyl groups is 3. The highest BCUT2D eigenvalue weighted by Gasteiger charge is 2.47. The van der Waals surface area contributed by atoms with Crippen LogP contribution in [0.5, 0.6) is 0 Å². The smallest absolute Gasteiger partial charge is 0.233 e. The number of sulfonamides is 1. The van der Waals surface area contributed by atoms with Gasteiger partial charge in [0, 0.05) is 50.0 Å². The van der Waals surface area contributed by atoms with Crippen molar-refractivity contribution in [1.29, 1.82) is 0 Å². The molecule has 2 fully saturated rings. The number of nitrogens with zero attached hydrogens (tertiary/aromatic N) is 2. The molecule has 11 atom stereocenters. The molecule has 262 valence electrons. The largest absolute Gasteiger partial charge is 0.392 e. The second-order valence-electron chi connectivity index (χ2n) is 13.7. The fraction of sp³-hybridized carbons (Fsp3) is 0.871. The van der Waals surface area contributed by atoms with E-state index in [4.69, 9.17) is 9.47 Å². The van der Waals surface area contributed by atoms with Crippen molar-refractivity contribution in [2.75, 3.05) is 34.2 Å². The van der Waals surface area contributed by atoms with E-state index in [-0.39, 0.29) is 43.4 Å². The van der Waals surface area contributed by atoms with Crippen LogP contribution in [0.2, 0.25) is 0 Å². The molecule has 0 saturated carbocycles. The normalized spacial score (nSPS) is 38.1. The number of likely N-dealkylation sites (N-methyl/N-ethyl adjacent to an activating group) is 1. The molecule has 5 N–H and O–H groups in total. The van der Waals surface area contributed by atoms with Gasteiger partial charge in [-0.25, -0.2) is 13.1 Å². The van der Waals surface area contributed by atoms with Crippen LogP contribution in [0.4, 0.5) is 0 Å². The number of ether oxygens (including phenoxy) is 2. The Kier molecular flexibility index (Phi) is 14.9. The molecule has 45 heavy (non-hydrogen) atoms. The first-order chi connectivity index (χ1) is 20.8. The van der Waals surface area contributed by atoms with Crippen LogP contribution < -0.4 is 10.0 Å². The topological polar surface area (TPSA) is 178 Å². The van der Waals surface area contributed by atoms with Crippen LogP contribution in [0.1, 0.15) is 73.1 Å². The predicted molar refractivity (Wildman–Crippen MR) is 171 cm³/mol. The number of aliphatic hydroxyl groups excluding tert-OH is 2. The molecular formula is C31H58N4O9S. The Balaban J connectivity index is 2.32. The number of amides is 2. The molecule has 13 nitrogen and oxygen atoms in total. The second kappa shape index (κ2) is 17.0. The standard InChI is InChI=1S/C31H58N4O9S/c1-10-45(41,42)32-14-12-11-13-23-16-25(36)35(9)18-19(2)17-31(6,40)28(21(4)26(37)22(5)29(39)33-23)44-30-27(38)24(34(7)8)15-20(3)43-30/h10,19-24,26-28,30,32,37-38,40H,1,11-18H2,2-9H3,(H,33,39)/t19-,20-,21+,22-,23+,24+,26+,27-,28-,30+,31-/m1/s1. The van der Waals surface area contributed by atoms with E-state index in [1.54, 1.807) is 32.7 Å². The second-order valence-corrected chi connectivity index (χ2v) is 15.4. The number of hydrogen-bond donors (Lipinski definition) is 5. The molecule has 0 aliphatic carbocycles. The van der Waals surface area contributed by atoms with E-state index >= 15 is 0 Å². The monoisotopic (exact) mass is 662 g/mol. The third-order valence-electron chi connectivity index (χ3n) is 9.15. The highest BCUT2D eigenvalue weighted by Crippen LogP contribution is 2.35. The zero-order valence-electron chi connectivity index (χ0n) is 28.3. The zero-order chi connectivity index (χ0) is 34.3. The van der Waals surface area contributed by atoms with Crippen LogP contribution in [-0.4, -0.2) is 128 Å². The van der Waals surface area contributed by atoms with Crippen LogP contribution in [0.25, 0.3) is 0 Å². The van der Waals surface area contributed by atoms with E-state index in [9.17, 15) is 33.3 Å². The molecule has 0 unspecified atom stereocenters. The summed E-state index contributed by atoms with van der Waals surface area (Å²) in [6, 6.07) is -0.776. The molecule has 0 aromatic rings. The van der Waals surface area contributed by atoms with Crippen molar-refractivity contribution in [3.8, 4) is 0 Å². The molecule has 14 heteroatoms. The number of carbonyl (C=O) groups is 2. The van der Waals surface area contributed by atoms with Crippen molar-refractivity contribution < 1.29 is 42.8 Å². The minimum atomic E-state index is -3.54. The van der Waals surface area contributed by atoms with Gasteiger partial charge in [0.05, 0.1) is 29.8 Å². The summed E-state index contributed by atoms with van der Waals surface area (Å²) in [6.07, 6.45) is -2.28. The first-order valence-corrected chi connectivity index (χ1v) is 17.6. The molecule has 2 amide bonds. The maximum atomic E-state index is 13.4. The van der Waals surface area contributed by atoms with Crippen molar-refractivity contribution in [3.63, 3.8) is 0 Å². The third-order valence-corrected chi connectivity index (χ3v) is 10.2. The Morgan fingerprint density at radius 1 is 1.18 bits per heavy atom. The summed E-state index contributed by atoms with van der Waals surface area (Å²) < 4.78 is 38.0. The van der Waals surface area contributed by atoms with Gasteiger partial charge in [0.15, 0.2) is 6.29 Å². The molecular weight excluding hydrogens is 604 g/mol. The summed E-state index contributed by atoms with van der Waals surface area (Å²) in [5, 5.41) is 38.3. The Hall–Kier alpha value is -1.65. The summed E-state index contributed by atoms with van der Waals surface area (Å²) in [6.45, 7) is 12.5. The van der Waals surface area contributed by atoms with Gasteiger partial charge in [0.1, 0.15) is 6.10 Å². The Labute approximate surface area is 269 Å². The van der Waals surface area contributed by atoms with Crippen molar-refractivity contribution in [2.24, 2.45) is 17.8 Å². The Morgan fingerprint density at radius 3 is 2.42 bits per heavy atom. The van der Waals surface area contributed by atoms with Gasteiger partial charge in [-0.15, -0.1) is 0 Å². The van der Waals surface area contributed by atoms with Crippen LogP contribution in [0.15, 0.2) is 12.0 Å². The van der Waals surface area contributed by atoms with Gasteiger partial charge in [-0.1, -0.05) is 33.8 Å². The minimum Gasteiger partial charge on any atom is -0.392 e. The minimum absolute atomic E-state index is 0.0377. The van der Waals surface area contributed by atoms with Gasteiger partial charge in [-0.2, -0.15) is 0 Å². The third kappa shape index (κ3) is 11.5. The van der Waals surface area contributed by atoms with Crippen LogP contribution in [0, 0.1) is 17.8 Å². The van der Waals surface area contributed by atoms with Gasteiger partial charge >= 0.3 is 0 Å². The number of nitrogens with one attached hydrogen (secondary N) is 2. The zero-order valence-corrected chi connectivity index (χ0v) is 29.1. The highest BCUT2D eigenvalue weighted by atomic mass is 32.2. The van der Waals surface area contributed by atoms with E-state index in [0.717, 1.165) is 5.41 Å². The lowest BCUT2D eigenvalue weighted by Gasteiger charge is -2.46. The summed E-state index contributed by atoms with van der Waals surface area (Å²) in [7, 11) is 1.87. The molecule has 0 radical (unpaired) electrons. The van der Waals surface area contributed by atoms with Gasteiger partial charge < -0.3 is 39.9 Å². The summed E-state index contributed by atoms with van der Waals surface area (Å²) in [5.74, 6) is -2.49. The van der Waals surface area contributed by atoms with Gasteiger partial charge in [-0.3, -0.25) is 9.59 Å². The van der Waals surface area contributed by atoms with Gasteiger partial charge in [0.2, 0.25) is 21.8 Å². The summed E-state index contributed by atoms with van der Waals surface area (Å²) in [4.78, 5) is 30.2. The molecule has 0 aromatic heterocycles. The lowest BCUT2D eigenvalue weighted by molar-refractivity contribution is -0.299. The SMILES string of the molecule is C=CS(=O)(=O)NCCCC[C@H]1CC(=O)N(C)C[C@H](C)C[C@@](C)(O)[C@H](O[C@@H]2O[C@H](C)C[C@H](N(C)C)[C@H]2O)[C@@H](C)[C@H](O)[C@@H](C)C(=O)N1. The van der Waals surface area contributed by atoms with Crippen molar-refractivity contribution in [2.45, 2.75) is 122 Å². The van der Waals surface area contributed by atoms with Crippen LogP contribution in [0.3, 0.4) is 0 Å². The lowest BCUT2D eigenvalue weighted by atomic mass is 9.77. The Morgan fingerprint density at radius 2 is 1.82 bits per heavy atom. The Bertz CT molecular complexity index is 1090. The molecule has 2 rings (SSSR count). The molecule has 2 aliphatic heterocycles. The average molecular weight is 663 g/mol. The van der Waals surface area contributed by atoms with E-state index in [0.29, 0.717) is 32.2 Å². The van der Waals surface area contributed by atoms with E-state index < -0.39 is 64.0 Å². The van der Waals surface area contributed by atoms with Crippen molar-refractivity contribution in [1.82, 2.24) is 19.8 Å². The quantitative estimate of drug-likeness (QED) is 0.210. The van der Waals surface area contributed by atoms with Crippen molar-refractivity contribution in [3.05, 3.63) is 12.0 Å². The molecule has 2 heterocycles. The average Bonchev–Trinajstić information content (AvgIpc) is 2.94. The number of hydrogen-bond acceptors (Lipinski definition) is 10. The van der Waals surface area contributed by atoms with E-state index in [1.807, 2.05) is 32.8 Å². The molecule has 2 saturated heterocycles. The first-order valence-electron chi connectivity index (χ1n) is 16.0. The number of unbranched alkanes of at least 4 members (excludes halogenated alkanes) is 1. The maximum absolute atomic E-state index is 13.4. The van der Waals surface area contributed by atoms with Crippen LogP contribution >= 0.6 is 0 Å². The molecule has 0 bridgehead atoms. The van der Waals surface area contributed by atoms with Gasteiger partial charge in [0.25, 0.3) is 0 Å². The summed E-state index contributed by atoms with van der Waals surface area (Å²) >= 11 is 0. The van der Waals surface area contributed by atoms with Crippen molar-refractivity contribution >= 4 is 21.8 Å². The molecule has 2 aliphatic rings.